The second kappa shape index (κ2) is 10.2. The largest absolute Gasteiger partial charge is 0.483 e. The van der Waals surface area contributed by atoms with Gasteiger partial charge in [-0.3, -0.25) is 4.79 Å². The normalized spacial score (nSPS) is 11.9. The molecule has 2 aromatic carbocycles. The van der Waals surface area contributed by atoms with Gasteiger partial charge in [-0.15, -0.1) is 10.2 Å². The molecule has 1 N–H and O–H groups in total. The fourth-order valence-electron chi connectivity index (χ4n) is 2.77. The van der Waals surface area contributed by atoms with Crippen molar-refractivity contribution < 1.29 is 9.53 Å². The van der Waals surface area contributed by atoms with Crippen LogP contribution in [0.4, 0.5) is 5.69 Å². The third-order valence-electron chi connectivity index (χ3n) is 4.41. The van der Waals surface area contributed by atoms with Gasteiger partial charge in [0, 0.05) is 12.7 Å². The van der Waals surface area contributed by atoms with Gasteiger partial charge in [-0.05, 0) is 49.2 Å². The van der Waals surface area contributed by atoms with Gasteiger partial charge in [-0.1, -0.05) is 54.0 Å². The van der Waals surface area contributed by atoms with E-state index in [4.69, 9.17) is 27.9 Å². The van der Waals surface area contributed by atoms with Crippen LogP contribution < -0.4 is 10.1 Å². The van der Waals surface area contributed by atoms with E-state index in [-0.39, 0.29) is 17.8 Å². The molecular weight excluding hydrogens is 443 g/mol. The van der Waals surface area contributed by atoms with Crippen molar-refractivity contribution >= 4 is 46.6 Å². The quantitative estimate of drug-likeness (QED) is 0.442. The minimum absolute atomic E-state index is 0.178. The number of nitrogens with one attached hydrogen (secondary N) is 1. The number of halogens is 2. The number of anilines is 1. The molecule has 158 valence electrons. The van der Waals surface area contributed by atoms with E-state index in [2.05, 4.69) is 22.4 Å². The van der Waals surface area contributed by atoms with Crippen LogP contribution in [-0.2, 0) is 18.3 Å². The average Bonchev–Trinajstić information content (AvgIpc) is 3.10. The first kappa shape index (κ1) is 22.5. The first-order valence-electron chi connectivity index (χ1n) is 9.40. The predicted molar refractivity (Wildman–Crippen MR) is 122 cm³/mol. The Morgan fingerprint density at radius 1 is 1.17 bits per heavy atom. The molecule has 0 aliphatic heterocycles. The van der Waals surface area contributed by atoms with Gasteiger partial charge in [-0.2, -0.15) is 0 Å². The van der Waals surface area contributed by atoms with Crippen LogP contribution in [0.15, 0.2) is 47.6 Å². The monoisotopic (exact) mass is 464 g/mol. The first-order valence-corrected chi connectivity index (χ1v) is 11.1. The molecule has 0 saturated heterocycles. The zero-order chi connectivity index (χ0) is 21.7. The minimum Gasteiger partial charge on any atom is -0.483 e. The number of aromatic nitrogens is 3. The molecule has 1 amide bonds. The lowest BCUT2D eigenvalue weighted by Gasteiger charge is -2.14. The summed E-state index contributed by atoms with van der Waals surface area (Å²) in [6, 6.07) is 12.9. The molecule has 0 bridgehead atoms. The summed E-state index contributed by atoms with van der Waals surface area (Å²) in [5.74, 6) is 1.46. The zero-order valence-corrected chi connectivity index (χ0v) is 19.2. The fraction of sp³-hybridized carbons (Fsp3) is 0.286. The van der Waals surface area contributed by atoms with E-state index in [1.807, 2.05) is 42.8 Å². The molecule has 0 spiro atoms. The van der Waals surface area contributed by atoms with Crippen molar-refractivity contribution in [3.05, 3.63) is 63.9 Å². The molecule has 1 aromatic heterocycles. The van der Waals surface area contributed by atoms with E-state index >= 15 is 0 Å². The summed E-state index contributed by atoms with van der Waals surface area (Å²) in [5, 5.41) is 12.7. The van der Waals surface area contributed by atoms with Gasteiger partial charge < -0.3 is 14.6 Å². The SMILES string of the molecule is CCc1ccc(OC(C)c2nnc(SCC(=O)Nc3ccc(Cl)c(Cl)c3)n2C)cc1. The predicted octanol–water partition coefficient (Wildman–Crippen LogP) is 5.56. The van der Waals surface area contributed by atoms with Crippen LogP contribution in [0, 0.1) is 0 Å². The van der Waals surface area contributed by atoms with Crippen LogP contribution in [0.1, 0.15) is 31.3 Å². The molecule has 0 fully saturated rings. The topological polar surface area (TPSA) is 69.0 Å². The number of carbonyl (C=O) groups excluding carboxylic acids is 1. The first-order chi connectivity index (χ1) is 14.4. The third kappa shape index (κ3) is 5.68. The number of carbonyl (C=O) groups is 1. The number of ether oxygens (including phenoxy) is 1. The number of thioether (sulfide) groups is 1. The molecule has 0 radical (unpaired) electrons. The molecule has 6 nitrogen and oxygen atoms in total. The maximum Gasteiger partial charge on any atom is 0.234 e. The Labute approximate surface area is 189 Å². The van der Waals surface area contributed by atoms with Gasteiger partial charge in [0.1, 0.15) is 5.75 Å². The van der Waals surface area contributed by atoms with Gasteiger partial charge in [0.15, 0.2) is 17.1 Å². The average molecular weight is 465 g/mol. The van der Waals surface area contributed by atoms with Crippen LogP contribution in [0.2, 0.25) is 10.0 Å². The van der Waals surface area contributed by atoms with Gasteiger partial charge in [-0.25, -0.2) is 0 Å². The molecule has 3 rings (SSSR count). The molecule has 0 aliphatic carbocycles. The van der Waals surface area contributed by atoms with Gasteiger partial charge in [0.2, 0.25) is 5.91 Å². The van der Waals surface area contributed by atoms with E-state index in [0.717, 1.165) is 12.2 Å². The van der Waals surface area contributed by atoms with Crippen LogP contribution >= 0.6 is 35.0 Å². The molecule has 9 heteroatoms. The van der Waals surface area contributed by atoms with E-state index in [9.17, 15) is 4.79 Å². The molecule has 1 unspecified atom stereocenters. The summed E-state index contributed by atoms with van der Waals surface area (Å²) in [6.45, 7) is 4.03. The van der Waals surface area contributed by atoms with Crippen LogP contribution in [0.5, 0.6) is 5.75 Å². The highest BCUT2D eigenvalue weighted by Crippen LogP contribution is 2.26. The molecule has 0 saturated carbocycles. The molecule has 30 heavy (non-hydrogen) atoms. The van der Waals surface area contributed by atoms with E-state index in [0.29, 0.717) is 26.7 Å². The van der Waals surface area contributed by atoms with Crippen molar-refractivity contribution in [1.82, 2.24) is 14.8 Å². The van der Waals surface area contributed by atoms with Gasteiger partial charge >= 0.3 is 0 Å². The Morgan fingerprint density at radius 2 is 1.90 bits per heavy atom. The Kier molecular flexibility index (Phi) is 7.64. The fourth-order valence-corrected chi connectivity index (χ4v) is 3.78. The standard InChI is InChI=1S/C21H22Cl2N4O2S/c1-4-14-5-8-16(9-6-14)29-13(2)20-25-26-21(27(20)3)30-12-19(28)24-15-7-10-17(22)18(23)11-15/h5-11,13H,4,12H2,1-3H3,(H,24,28). The Balaban J connectivity index is 1.57. The van der Waals surface area contributed by atoms with Gasteiger partial charge in [0.25, 0.3) is 0 Å². The lowest BCUT2D eigenvalue weighted by molar-refractivity contribution is -0.113. The van der Waals surface area contributed by atoms with Crippen LogP contribution in [-0.4, -0.2) is 26.4 Å². The number of hydrogen-bond donors (Lipinski definition) is 1. The Morgan fingerprint density at radius 3 is 2.57 bits per heavy atom. The second-order valence-corrected chi connectivity index (χ2v) is 8.38. The van der Waals surface area contributed by atoms with Gasteiger partial charge in [0.05, 0.1) is 15.8 Å². The number of amides is 1. The van der Waals surface area contributed by atoms with Crippen molar-refractivity contribution in [3.8, 4) is 5.75 Å². The summed E-state index contributed by atoms with van der Waals surface area (Å²) in [7, 11) is 1.86. The van der Waals surface area contributed by atoms with Crippen LogP contribution in [0.3, 0.4) is 0 Å². The number of benzene rings is 2. The smallest absolute Gasteiger partial charge is 0.234 e. The maximum absolute atomic E-state index is 12.2. The molecule has 1 atom stereocenters. The zero-order valence-electron chi connectivity index (χ0n) is 16.9. The summed E-state index contributed by atoms with van der Waals surface area (Å²) in [4.78, 5) is 12.2. The van der Waals surface area contributed by atoms with E-state index in [1.54, 1.807) is 18.2 Å². The third-order valence-corrected chi connectivity index (χ3v) is 6.17. The highest BCUT2D eigenvalue weighted by molar-refractivity contribution is 7.99. The maximum atomic E-state index is 12.2. The van der Waals surface area contributed by atoms with Crippen molar-refractivity contribution in [2.45, 2.75) is 31.5 Å². The number of hydrogen-bond acceptors (Lipinski definition) is 5. The second-order valence-electron chi connectivity index (χ2n) is 6.62. The van der Waals surface area contributed by atoms with Crippen molar-refractivity contribution in [2.75, 3.05) is 11.1 Å². The Bertz CT molecular complexity index is 1020. The van der Waals surface area contributed by atoms with Crippen LogP contribution in [0.25, 0.3) is 0 Å². The lowest BCUT2D eigenvalue weighted by atomic mass is 10.2. The highest BCUT2D eigenvalue weighted by atomic mass is 35.5. The van der Waals surface area contributed by atoms with Crippen molar-refractivity contribution in [3.63, 3.8) is 0 Å². The van der Waals surface area contributed by atoms with Crippen molar-refractivity contribution in [1.29, 1.82) is 0 Å². The van der Waals surface area contributed by atoms with E-state index < -0.39 is 0 Å². The highest BCUT2D eigenvalue weighted by Gasteiger charge is 2.18. The molecule has 3 aromatic rings. The van der Waals surface area contributed by atoms with Crippen molar-refractivity contribution in [2.24, 2.45) is 7.05 Å². The summed E-state index contributed by atoms with van der Waals surface area (Å²) < 4.78 is 7.82. The summed E-state index contributed by atoms with van der Waals surface area (Å²) in [6.07, 6.45) is 0.701. The molecular formula is C21H22Cl2N4O2S. The summed E-state index contributed by atoms with van der Waals surface area (Å²) in [5.41, 5.74) is 1.84. The number of aryl methyl sites for hydroxylation is 1. The minimum atomic E-state index is -0.283. The Hall–Kier alpha value is -2.22. The molecule has 0 aliphatic rings. The lowest BCUT2D eigenvalue weighted by Crippen LogP contribution is -2.15. The molecule has 1 heterocycles. The van der Waals surface area contributed by atoms with E-state index in [1.165, 1.54) is 17.3 Å². The number of rotatable bonds is 8. The summed E-state index contributed by atoms with van der Waals surface area (Å²) >= 11 is 13.2. The number of nitrogens with zero attached hydrogens (tertiary/aromatic N) is 3.